The van der Waals surface area contributed by atoms with Crippen LogP contribution in [-0.2, 0) is 28.5 Å². The van der Waals surface area contributed by atoms with Crippen molar-refractivity contribution in [3.05, 3.63) is 35.9 Å². The molecule has 0 bridgehead atoms. The molecule has 0 unspecified atom stereocenters. The fourth-order valence-corrected chi connectivity index (χ4v) is 7.39. The Morgan fingerprint density at radius 1 is 1.00 bits per heavy atom. The zero-order chi connectivity index (χ0) is 36.3. The first kappa shape index (κ1) is 40.0. The predicted molar refractivity (Wildman–Crippen MR) is 177 cm³/mol. The molecule has 48 heavy (non-hydrogen) atoms. The summed E-state index contributed by atoms with van der Waals surface area (Å²) in [6.07, 6.45) is -7.61. The van der Waals surface area contributed by atoms with Gasteiger partial charge in [0.05, 0.1) is 42.0 Å². The number of esters is 1. The molecule has 2 heterocycles. The van der Waals surface area contributed by atoms with Gasteiger partial charge in [-0.2, -0.15) is 0 Å². The molecule has 12 nitrogen and oxygen atoms in total. The molecule has 0 saturated carbocycles. The maximum Gasteiger partial charge on any atom is 0.311 e. The first-order valence-electron chi connectivity index (χ1n) is 17.0. The third-order valence-corrected chi connectivity index (χ3v) is 10.7. The van der Waals surface area contributed by atoms with Gasteiger partial charge in [0, 0.05) is 37.5 Å². The van der Waals surface area contributed by atoms with Crippen molar-refractivity contribution in [1.82, 2.24) is 4.90 Å². The molecule has 0 radical (unpaired) electrons. The fourth-order valence-electron chi connectivity index (χ4n) is 7.39. The Morgan fingerprint density at radius 2 is 1.60 bits per heavy atom. The second-order valence-electron chi connectivity index (χ2n) is 14.4. The minimum atomic E-state index is -1.95. The summed E-state index contributed by atoms with van der Waals surface area (Å²) in [6.45, 7) is 12.9. The van der Waals surface area contributed by atoms with Crippen LogP contribution in [0.25, 0.3) is 0 Å². The highest BCUT2D eigenvalue weighted by molar-refractivity contribution is 5.94. The predicted octanol–water partition coefficient (Wildman–Crippen LogP) is 2.73. The number of hydrogen-bond acceptors (Lipinski definition) is 11. The van der Waals surface area contributed by atoms with Gasteiger partial charge in [-0.15, -0.1) is 0 Å². The molecule has 2 saturated heterocycles. The number of aliphatic hydroxyl groups is 4. The number of aliphatic hydroxyl groups excluding tert-OH is 3. The van der Waals surface area contributed by atoms with Gasteiger partial charge >= 0.3 is 5.97 Å². The van der Waals surface area contributed by atoms with Crippen LogP contribution in [0.2, 0.25) is 0 Å². The van der Waals surface area contributed by atoms with E-state index in [1.165, 1.54) is 32.8 Å². The number of Topliss-reactive ketones (excluding diaryl/α,β-unsaturated/α-hetero) is 1. The standard InChI is InChI=1S/C36H57NO11/c1-11-26-36(8,44)30(41)21(4)27(38)19(2)18-35(7,45-10)31(22(5)28(39)23(6)33(43)47-26)48-34-29(40)25(17-20(3)46-34)37(9)32(42)24-15-13-12-14-16-24/h12-16,19-23,25-26,28-31,34,39-41,44H,11,17-18H2,1-10H3/t19-,20-,21+,22+,23-,25+,26-,28+,29-,30-,31-,34+,35-,36-/m1/s1. The SMILES string of the molecule is CC[C@H]1OC(=O)[C@H](C)[C@@H](O)[C@H](C)[C@@H](O[C@@H]2O[C@H](C)C[C@H](N(C)C(=O)c3ccccc3)[C@H]2O)[C@](C)(OC)C[C@@H](C)C(=O)[C@H](C)[C@@H](O)[C@]1(C)O. The van der Waals surface area contributed by atoms with Crippen LogP contribution in [0.5, 0.6) is 0 Å². The molecule has 0 spiro atoms. The summed E-state index contributed by atoms with van der Waals surface area (Å²) < 4.78 is 24.4. The van der Waals surface area contributed by atoms with Gasteiger partial charge in [-0.25, -0.2) is 0 Å². The molecule has 0 aromatic heterocycles. The number of carbonyl (C=O) groups excluding carboxylic acids is 3. The van der Waals surface area contributed by atoms with Gasteiger partial charge in [0.15, 0.2) is 6.29 Å². The molecule has 3 rings (SSSR count). The Morgan fingerprint density at radius 3 is 2.17 bits per heavy atom. The lowest BCUT2D eigenvalue weighted by Gasteiger charge is -2.48. The Balaban J connectivity index is 2.04. The Kier molecular flexibility index (Phi) is 13.4. The van der Waals surface area contributed by atoms with E-state index in [1.54, 1.807) is 59.0 Å². The summed E-state index contributed by atoms with van der Waals surface area (Å²) in [6, 6.07) is 8.04. The van der Waals surface area contributed by atoms with Gasteiger partial charge in [0.25, 0.3) is 5.91 Å². The number of hydrogen-bond donors (Lipinski definition) is 4. The first-order chi connectivity index (χ1) is 22.3. The zero-order valence-corrected chi connectivity index (χ0v) is 30.0. The van der Waals surface area contributed by atoms with Gasteiger partial charge in [0.1, 0.15) is 23.6 Å². The van der Waals surface area contributed by atoms with E-state index in [2.05, 4.69) is 0 Å². The van der Waals surface area contributed by atoms with Crippen LogP contribution in [0.3, 0.4) is 0 Å². The van der Waals surface area contributed by atoms with E-state index in [9.17, 15) is 34.8 Å². The third-order valence-electron chi connectivity index (χ3n) is 10.7. The molecule has 2 fully saturated rings. The average Bonchev–Trinajstić information content (AvgIpc) is 3.07. The van der Waals surface area contributed by atoms with Crippen LogP contribution in [-0.4, -0.2) is 117 Å². The molecular weight excluding hydrogens is 622 g/mol. The maximum absolute atomic E-state index is 13.7. The van der Waals surface area contributed by atoms with Gasteiger partial charge in [0.2, 0.25) is 0 Å². The minimum Gasteiger partial charge on any atom is -0.459 e. The molecule has 4 N–H and O–H groups in total. The lowest BCUT2D eigenvalue weighted by atomic mass is 9.74. The van der Waals surface area contributed by atoms with Crippen molar-refractivity contribution < 1.29 is 53.8 Å². The van der Waals surface area contributed by atoms with Crippen molar-refractivity contribution in [2.75, 3.05) is 14.2 Å². The number of carbonyl (C=O) groups is 3. The van der Waals surface area contributed by atoms with Crippen LogP contribution in [0.4, 0.5) is 0 Å². The molecule has 272 valence electrons. The lowest BCUT2D eigenvalue weighted by Crippen LogP contribution is -2.61. The van der Waals surface area contributed by atoms with Crippen molar-refractivity contribution in [2.24, 2.45) is 23.7 Å². The minimum absolute atomic E-state index is 0.0630. The average molecular weight is 680 g/mol. The fraction of sp³-hybridized carbons (Fsp3) is 0.750. The Labute approximate surface area is 284 Å². The van der Waals surface area contributed by atoms with Crippen molar-refractivity contribution >= 4 is 17.7 Å². The summed E-state index contributed by atoms with van der Waals surface area (Å²) in [4.78, 5) is 42.0. The van der Waals surface area contributed by atoms with Crippen molar-refractivity contribution in [1.29, 1.82) is 0 Å². The topological polar surface area (TPSA) is 172 Å². The van der Waals surface area contributed by atoms with Crippen molar-refractivity contribution in [3.8, 4) is 0 Å². The summed E-state index contributed by atoms with van der Waals surface area (Å²) in [5, 5.41) is 45.8. The Bertz CT molecular complexity index is 1240. The van der Waals surface area contributed by atoms with Gasteiger partial charge in [-0.1, -0.05) is 45.9 Å². The first-order valence-corrected chi connectivity index (χ1v) is 17.0. The number of cyclic esters (lactones) is 1. The summed E-state index contributed by atoms with van der Waals surface area (Å²) in [5.41, 5.74) is -2.79. The molecule has 2 aliphatic rings. The smallest absolute Gasteiger partial charge is 0.311 e. The van der Waals surface area contributed by atoms with Crippen LogP contribution < -0.4 is 0 Å². The number of benzene rings is 1. The number of nitrogens with zero attached hydrogens (tertiary/aromatic N) is 1. The van der Waals surface area contributed by atoms with Gasteiger partial charge < -0.3 is 44.3 Å². The molecular formula is C36H57NO11. The normalized spacial score (nSPS) is 42.0. The van der Waals surface area contributed by atoms with Crippen LogP contribution in [0, 0.1) is 23.7 Å². The zero-order valence-electron chi connectivity index (χ0n) is 30.0. The van der Waals surface area contributed by atoms with Crippen molar-refractivity contribution in [2.45, 2.75) is 135 Å². The van der Waals surface area contributed by atoms with Crippen molar-refractivity contribution in [3.63, 3.8) is 0 Å². The van der Waals surface area contributed by atoms with Gasteiger partial charge in [-0.05, 0) is 59.1 Å². The number of ketones is 1. The van der Waals surface area contributed by atoms with Crippen LogP contribution >= 0.6 is 0 Å². The van der Waals surface area contributed by atoms with E-state index in [4.69, 9.17) is 18.9 Å². The highest BCUT2D eigenvalue weighted by atomic mass is 16.7. The second-order valence-corrected chi connectivity index (χ2v) is 14.4. The van der Waals surface area contributed by atoms with Gasteiger partial charge in [-0.3, -0.25) is 14.4 Å². The highest BCUT2D eigenvalue weighted by Crippen LogP contribution is 2.39. The number of amides is 1. The van der Waals surface area contributed by atoms with Crippen LogP contribution in [0.15, 0.2) is 30.3 Å². The third kappa shape index (κ3) is 8.29. The number of methoxy groups -OCH3 is 1. The molecule has 1 aromatic rings. The van der Waals surface area contributed by atoms with E-state index in [1.807, 2.05) is 13.0 Å². The molecule has 12 heteroatoms. The summed E-state index contributed by atoms with van der Waals surface area (Å²) in [5.74, 6) is -5.14. The summed E-state index contributed by atoms with van der Waals surface area (Å²) in [7, 11) is 3.06. The van der Waals surface area contributed by atoms with E-state index in [0.717, 1.165) is 0 Å². The highest BCUT2D eigenvalue weighted by Gasteiger charge is 2.52. The quantitative estimate of drug-likeness (QED) is 0.326. The molecule has 14 atom stereocenters. The van der Waals surface area contributed by atoms with E-state index < -0.39 is 89.8 Å². The monoisotopic (exact) mass is 679 g/mol. The van der Waals surface area contributed by atoms with Crippen LogP contribution in [0.1, 0.15) is 85.0 Å². The largest absolute Gasteiger partial charge is 0.459 e. The van der Waals surface area contributed by atoms with E-state index in [-0.39, 0.29) is 24.5 Å². The number of ether oxygens (including phenoxy) is 4. The van der Waals surface area contributed by atoms with E-state index in [0.29, 0.717) is 12.0 Å². The molecule has 1 amide bonds. The lowest BCUT2D eigenvalue weighted by molar-refractivity contribution is -0.300. The van der Waals surface area contributed by atoms with E-state index >= 15 is 0 Å². The Hall–Kier alpha value is -2.45. The molecule has 0 aliphatic carbocycles. The second kappa shape index (κ2) is 16.1. The maximum atomic E-state index is 13.7. The summed E-state index contributed by atoms with van der Waals surface area (Å²) >= 11 is 0. The molecule has 2 aliphatic heterocycles. The number of rotatable bonds is 6. The number of likely N-dealkylation sites (N-methyl/N-ethyl adjacent to an activating group) is 1. The molecule has 1 aromatic carbocycles.